The number of hydrogen-bond donors (Lipinski definition) is 2. The summed E-state index contributed by atoms with van der Waals surface area (Å²) in [6.07, 6.45) is 0. The Labute approximate surface area is 145 Å². The van der Waals surface area contributed by atoms with E-state index >= 15 is 0 Å². The van der Waals surface area contributed by atoms with Crippen molar-refractivity contribution in [2.45, 2.75) is 26.6 Å². The Morgan fingerprint density at radius 1 is 0.917 bits per heavy atom. The van der Waals surface area contributed by atoms with Crippen LogP contribution < -0.4 is 10.6 Å². The van der Waals surface area contributed by atoms with Crippen LogP contribution in [-0.2, 0) is 19.6 Å². The molecule has 0 unspecified atom stereocenters. The standard InChI is InChI=1S/C20H28N4/c1-16-6-5-7-19(12-16)14-23-20(21-2)22-13-17-8-10-18(11-9-17)15-24(3)4/h5-12H,13-15H2,1-4H3,(H2,21,22,23). The Hall–Kier alpha value is -2.33. The van der Waals surface area contributed by atoms with Gasteiger partial charge in [0, 0.05) is 26.7 Å². The molecule has 2 aromatic carbocycles. The summed E-state index contributed by atoms with van der Waals surface area (Å²) in [4.78, 5) is 6.46. The molecule has 0 saturated heterocycles. The molecule has 24 heavy (non-hydrogen) atoms. The van der Waals surface area contributed by atoms with Gasteiger partial charge in [-0.15, -0.1) is 0 Å². The second-order valence-electron chi connectivity index (χ2n) is 6.32. The lowest BCUT2D eigenvalue weighted by Crippen LogP contribution is -2.36. The summed E-state index contributed by atoms with van der Waals surface area (Å²) in [5, 5.41) is 6.71. The van der Waals surface area contributed by atoms with Gasteiger partial charge in [-0.3, -0.25) is 4.99 Å². The van der Waals surface area contributed by atoms with Gasteiger partial charge in [-0.25, -0.2) is 0 Å². The first kappa shape index (κ1) is 18.0. The van der Waals surface area contributed by atoms with Crippen molar-refractivity contribution in [3.8, 4) is 0 Å². The largest absolute Gasteiger partial charge is 0.352 e. The molecule has 0 heterocycles. The number of hydrogen-bond acceptors (Lipinski definition) is 2. The van der Waals surface area contributed by atoms with Crippen LogP contribution in [0.4, 0.5) is 0 Å². The maximum Gasteiger partial charge on any atom is 0.191 e. The average molecular weight is 324 g/mol. The Balaban J connectivity index is 1.83. The van der Waals surface area contributed by atoms with Crippen LogP contribution in [0, 0.1) is 6.92 Å². The number of rotatable bonds is 6. The molecule has 4 nitrogen and oxygen atoms in total. The highest BCUT2D eigenvalue weighted by Crippen LogP contribution is 2.06. The Kier molecular flexibility index (Phi) is 6.82. The van der Waals surface area contributed by atoms with E-state index in [1.165, 1.54) is 22.3 Å². The third-order valence-corrected chi connectivity index (χ3v) is 3.75. The Morgan fingerprint density at radius 3 is 2.12 bits per heavy atom. The normalized spacial score (nSPS) is 11.6. The molecule has 0 atom stereocenters. The topological polar surface area (TPSA) is 39.7 Å². The van der Waals surface area contributed by atoms with Crippen molar-refractivity contribution >= 4 is 5.96 Å². The smallest absolute Gasteiger partial charge is 0.191 e. The molecule has 2 aromatic rings. The van der Waals surface area contributed by atoms with E-state index in [4.69, 9.17) is 0 Å². The Bertz CT molecular complexity index is 660. The van der Waals surface area contributed by atoms with Crippen molar-refractivity contribution in [2.75, 3.05) is 21.1 Å². The van der Waals surface area contributed by atoms with Gasteiger partial charge in [-0.05, 0) is 37.7 Å². The monoisotopic (exact) mass is 324 g/mol. The van der Waals surface area contributed by atoms with Gasteiger partial charge in [0.2, 0.25) is 0 Å². The number of benzene rings is 2. The van der Waals surface area contributed by atoms with E-state index in [9.17, 15) is 0 Å². The van der Waals surface area contributed by atoms with E-state index in [1.54, 1.807) is 7.05 Å². The molecule has 0 aliphatic rings. The summed E-state index contributed by atoms with van der Waals surface area (Å²) in [5.74, 6) is 0.814. The zero-order valence-corrected chi connectivity index (χ0v) is 15.1. The second-order valence-corrected chi connectivity index (χ2v) is 6.32. The molecule has 0 bridgehead atoms. The molecule has 0 fully saturated rings. The quantitative estimate of drug-likeness (QED) is 0.634. The van der Waals surface area contributed by atoms with Crippen LogP contribution in [0.25, 0.3) is 0 Å². The van der Waals surface area contributed by atoms with Crippen LogP contribution >= 0.6 is 0 Å². The maximum absolute atomic E-state index is 4.29. The Morgan fingerprint density at radius 2 is 1.54 bits per heavy atom. The van der Waals surface area contributed by atoms with Gasteiger partial charge in [0.05, 0.1) is 0 Å². The summed E-state index contributed by atoms with van der Waals surface area (Å²) in [7, 11) is 5.96. The molecule has 0 aliphatic heterocycles. The lowest BCUT2D eigenvalue weighted by Gasteiger charge is -2.13. The second kappa shape index (κ2) is 9.08. The number of guanidine groups is 1. The van der Waals surface area contributed by atoms with Gasteiger partial charge < -0.3 is 15.5 Å². The number of aliphatic imine (C=N–C) groups is 1. The third-order valence-electron chi connectivity index (χ3n) is 3.75. The van der Waals surface area contributed by atoms with Crippen LogP contribution in [0.3, 0.4) is 0 Å². The molecular weight excluding hydrogens is 296 g/mol. The fourth-order valence-corrected chi connectivity index (χ4v) is 2.54. The molecule has 0 aliphatic carbocycles. The zero-order valence-electron chi connectivity index (χ0n) is 15.1. The third kappa shape index (κ3) is 6.05. The van der Waals surface area contributed by atoms with Crippen molar-refractivity contribution in [1.82, 2.24) is 15.5 Å². The highest BCUT2D eigenvalue weighted by atomic mass is 15.2. The highest BCUT2D eigenvalue weighted by molar-refractivity contribution is 5.79. The van der Waals surface area contributed by atoms with Crippen LogP contribution in [0.15, 0.2) is 53.5 Å². The van der Waals surface area contributed by atoms with Gasteiger partial charge >= 0.3 is 0 Å². The van der Waals surface area contributed by atoms with Crippen molar-refractivity contribution in [3.05, 3.63) is 70.8 Å². The van der Waals surface area contributed by atoms with Gasteiger partial charge in [-0.1, -0.05) is 54.1 Å². The average Bonchev–Trinajstić information content (AvgIpc) is 2.56. The molecule has 2 rings (SSSR count). The number of nitrogens with one attached hydrogen (secondary N) is 2. The van der Waals surface area contributed by atoms with Crippen LogP contribution in [0.5, 0.6) is 0 Å². The molecule has 0 saturated carbocycles. The lowest BCUT2D eigenvalue weighted by atomic mass is 10.1. The van der Waals surface area contributed by atoms with Crippen LogP contribution in [0.1, 0.15) is 22.3 Å². The minimum Gasteiger partial charge on any atom is -0.352 e. The van der Waals surface area contributed by atoms with Gasteiger partial charge in [0.25, 0.3) is 0 Å². The van der Waals surface area contributed by atoms with Crippen molar-refractivity contribution in [3.63, 3.8) is 0 Å². The minimum atomic E-state index is 0.760. The SMILES string of the molecule is CN=C(NCc1ccc(CN(C)C)cc1)NCc1cccc(C)c1. The fourth-order valence-electron chi connectivity index (χ4n) is 2.54. The number of nitrogens with zero attached hydrogens (tertiary/aromatic N) is 2. The molecular formula is C20H28N4. The molecule has 0 radical (unpaired) electrons. The van der Waals surface area contributed by atoms with Crippen LogP contribution in [0.2, 0.25) is 0 Å². The van der Waals surface area contributed by atoms with Crippen molar-refractivity contribution in [2.24, 2.45) is 4.99 Å². The predicted octanol–water partition coefficient (Wildman–Crippen LogP) is 2.92. The van der Waals surface area contributed by atoms with E-state index in [-0.39, 0.29) is 0 Å². The predicted molar refractivity (Wildman–Crippen MR) is 102 cm³/mol. The molecule has 2 N–H and O–H groups in total. The van der Waals surface area contributed by atoms with E-state index in [0.717, 1.165) is 25.6 Å². The molecule has 4 heteroatoms. The minimum absolute atomic E-state index is 0.760. The van der Waals surface area contributed by atoms with Crippen LogP contribution in [-0.4, -0.2) is 32.0 Å². The summed E-state index contributed by atoms with van der Waals surface area (Å²) >= 11 is 0. The lowest BCUT2D eigenvalue weighted by molar-refractivity contribution is 0.402. The van der Waals surface area contributed by atoms with E-state index in [2.05, 4.69) is 90.1 Å². The fraction of sp³-hybridized carbons (Fsp3) is 0.350. The highest BCUT2D eigenvalue weighted by Gasteiger charge is 2.00. The van der Waals surface area contributed by atoms with E-state index in [1.807, 2.05) is 0 Å². The van der Waals surface area contributed by atoms with Crippen molar-refractivity contribution < 1.29 is 0 Å². The summed E-state index contributed by atoms with van der Waals surface area (Å²) in [5.41, 5.74) is 5.10. The molecule has 0 spiro atoms. The summed E-state index contributed by atoms with van der Waals surface area (Å²) in [6, 6.07) is 17.2. The maximum atomic E-state index is 4.29. The molecule has 128 valence electrons. The summed E-state index contributed by atoms with van der Waals surface area (Å²) < 4.78 is 0. The van der Waals surface area contributed by atoms with Gasteiger partial charge in [-0.2, -0.15) is 0 Å². The van der Waals surface area contributed by atoms with E-state index < -0.39 is 0 Å². The summed E-state index contributed by atoms with van der Waals surface area (Å²) in [6.45, 7) is 4.60. The molecule has 0 aromatic heterocycles. The first-order chi connectivity index (χ1) is 11.6. The molecule has 0 amide bonds. The zero-order chi connectivity index (χ0) is 17.4. The first-order valence-electron chi connectivity index (χ1n) is 8.29. The first-order valence-corrected chi connectivity index (χ1v) is 8.29. The van der Waals surface area contributed by atoms with Gasteiger partial charge in [0.1, 0.15) is 0 Å². The number of aryl methyl sites for hydroxylation is 1. The van der Waals surface area contributed by atoms with Crippen molar-refractivity contribution in [1.29, 1.82) is 0 Å². The van der Waals surface area contributed by atoms with Gasteiger partial charge in [0.15, 0.2) is 5.96 Å². The van der Waals surface area contributed by atoms with E-state index in [0.29, 0.717) is 0 Å².